The zero-order valence-corrected chi connectivity index (χ0v) is 14.3. The Morgan fingerprint density at radius 1 is 1.12 bits per heavy atom. The summed E-state index contributed by atoms with van der Waals surface area (Å²) in [5, 5.41) is 8.00. The smallest absolute Gasteiger partial charge is 0.256 e. The van der Waals surface area contributed by atoms with Crippen molar-refractivity contribution >= 4 is 23.3 Å². The SMILES string of the molecule is Cc1ccc(C(=O)Nc2cc(C)n(Cc3ccccc3Cl)n2)cc1. The first-order valence-electron chi connectivity index (χ1n) is 7.69. The number of anilines is 1. The van der Waals surface area contributed by atoms with Gasteiger partial charge in [0.05, 0.1) is 6.54 Å². The summed E-state index contributed by atoms with van der Waals surface area (Å²) in [6, 6.07) is 16.9. The van der Waals surface area contributed by atoms with Crippen molar-refractivity contribution in [2.24, 2.45) is 0 Å². The second kappa shape index (κ2) is 6.89. The molecule has 0 spiro atoms. The fourth-order valence-corrected chi connectivity index (χ4v) is 2.61. The Kier molecular flexibility index (Phi) is 4.67. The highest BCUT2D eigenvalue weighted by Gasteiger charge is 2.11. The van der Waals surface area contributed by atoms with E-state index in [1.165, 1.54) is 0 Å². The molecule has 0 aliphatic rings. The molecule has 3 aromatic rings. The minimum absolute atomic E-state index is 0.169. The molecule has 0 aliphatic heterocycles. The number of benzene rings is 2. The van der Waals surface area contributed by atoms with Crippen LogP contribution >= 0.6 is 11.6 Å². The molecule has 0 fully saturated rings. The van der Waals surface area contributed by atoms with Crippen molar-refractivity contribution in [2.45, 2.75) is 20.4 Å². The molecule has 1 aromatic heterocycles. The average Bonchev–Trinajstić information content (AvgIpc) is 2.89. The largest absolute Gasteiger partial charge is 0.305 e. The first-order chi connectivity index (χ1) is 11.5. The number of carbonyl (C=O) groups excluding carboxylic acids is 1. The molecule has 0 atom stereocenters. The zero-order chi connectivity index (χ0) is 17.1. The van der Waals surface area contributed by atoms with Crippen molar-refractivity contribution in [3.63, 3.8) is 0 Å². The van der Waals surface area contributed by atoms with E-state index in [1.54, 1.807) is 12.1 Å². The van der Waals surface area contributed by atoms with Crippen LogP contribution in [0, 0.1) is 13.8 Å². The van der Waals surface area contributed by atoms with Crippen LogP contribution in [0.25, 0.3) is 0 Å². The third-order valence-electron chi connectivity index (χ3n) is 3.81. The van der Waals surface area contributed by atoms with Gasteiger partial charge in [0.15, 0.2) is 5.82 Å². The number of hydrogen-bond donors (Lipinski definition) is 1. The quantitative estimate of drug-likeness (QED) is 0.763. The first-order valence-corrected chi connectivity index (χ1v) is 8.06. The Labute approximate surface area is 146 Å². The normalized spacial score (nSPS) is 10.6. The third-order valence-corrected chi connectivity index (χ3v) is 4.18. The van der Waals surface area contributed by atoms with Gasteiger partial charge in [0.1, 0.15) is 0 Å². The van der Waals surface area contributed by atoms with Crippen LogP contribution in [-0.2, 0) is 6.54 Å². The maximum Gasteiger partial charge on any atom is 0.256 e. The summed E-state index contributed by atoms with van der Waals surface area (Å²) in [4.78, 5) is 12.3. The predicted molar refractivity (Wildman–Crippen MR) is 96.7 cm³/mol. The van der Waals surface area contributed by atoms with E-state index in [-0.39, 0.29) is 5.91 Å². The van der Waals surface area contributed by atoms with Gasteiger partial charge in [0.25, 0.3) is 5.91 Å². The summed E-state index contributed by atoms with van der Waals surface area (Å²) in [7, 11) is 0. The highest BCUT2D eigenvalue weighted by Crippen LogP contribution is 2.18. The molecule has 5 heteroatoms. The van der Waals surface area contributed by atoms with Crippen molar-refractivity contribution in [3.8, 4) is 0 Å². The zero-order valence-electron chi connectivity index (χ0n) is 13.6. The topological polar surface area (TPSA) is 46.9 Å². The molecule has 0 saturated carbocycles. The van der Waals surface area contributed by atoms with Gasteiger partial charge in [0.2, 0.25) is 0 Å². The van der Waals surface area contributed by atoms with E-state index in [0.717, 1.165) is 16.8 Å². The van der Waals surface area contributed by atoms with Gasteiger partial charge in [-0.25, -0.2) is 0 Å². The lowest BCUT2D eigenvalue weighted by Crippen LogP contribution is -2.13. The van der Waals surface area contributed by atoms with Gasteiger partial charge in [-0.3, -0.25) is 9.48 Å². The van der Waals surface area contributed by atoms with Crippen molar-refractivity contribution in [1.29, 1.82) is 0 Å². The predicted octanol–water partition coefficient (Wildman–Crippen LogP) is 4.45. The molecular weight excluding hydrogens is 322 g/mol. The Hall–Kier alpha value is -2.59. The standard InChI is InChI=1S/C19H18ClN3O/c1-13-7-9-15(10-8-13)19(24)21-18-11-14(2)23(22-18)12-16-5-3-4-6-17(16)20/h3-11H,12H2,1-2H3,(H,21,22,24). The van der Waals surface area contributed by atoms with E-state index in [9.17, 15) is 4.79 Å². The molecule has 3 rings (SSSR count). The minimum atomic E-state index is -0.169. The van der Waals surface area contributed by atoms with Gasteiger partial charge >= 0.3 is 0 Å². The maximum atomic E-state index is 12.3. The Balaban J connectivity index is 1.75. The fraction of sp³-hybridized carbons (Fsp3) is 0.158. The summed E-state index contributed by atoms with van der Waals surface area (Å²) in [6.45, 7) is 4.50. The van der Waals surface area contributed by atoms with Crippen LogP contribution in [0.4, 0.5) is 5.82 Å². The molecule has 1 N–H and O–H groups in total. The molecule has 1 heterocycles. The van der Waals surface area contributed by atoms with Gasteiger partial charge in [0, 0.05) is 22.3 Å². The lowest BCUT2D eigenvalue weighted by molar-refractivity contribution is 0.102. The van der Waals surface area contributed by atoms with E-state index < -0.39 is 0 Å². The van der Waals surface area contributed by atoms with Gasteiger partial charge in [-0.2, -0.15) is 5.10 Å². The number of nitrogens with zero attached hydrogens (tertiary/aromatic N) is 2. The van der Waals surface area contributed by atoms with Crippen LogP contribution < -0.4 is 5.32 Å². The Bertz CT molecular complexity index is 869. The second-order valence-electron chi connectivity index (χ2n) is 5.74. The number of amides is 1. The van der Waals surface area contributed by atoms with E-state index in [2.05, 4.69) is 10.4 Å². The summed E-state index contributed by atoms with van der Waals surface area (Å²) in [5.41, 5.74) is 3.67. The van der Waals surface area contributed by atoms with Crippen LogP contribution in [-0.4, -0.2) is 15.7 Å². The maximum absolute atomic E-state index is 12.3. The number of halogens is 1. The van der Waals surface area contributed by atoms with Crippen LogP contribution in [0.3, 0.4) is 0 Å². The fourth-order valence-electron chi connectivity index (χ4n) is 2.41. The molecule has 0 radical (unpaired) electrons. The van der Waals surface area contributed by atoms with Crippen molar-refractivity contribution in [3.05, 3.63) is 82.0 Å². The third kappa shape index (κ3) is 3.66. The summed E-state index contributed by atoms with van der Waals surface area (Å²) < 4.78 is 1.83. The molecular formula is C19H18ClN3O. The van der Waals surface area contributed by atoms with Gasteiger partial charge in [-0.05, 0) is 37.6 Å². The molecule has 122 valence electrons. The number of carbonyl (C=O) groups is 1. The van der Waals surface area contributed by atoms with E-state index in [4.69, 9.17) is 11.6 Å². The molecule has 0 aliphatic carbocycles. The monoisotopic (exact) mass is 339 g/mol. The number of aromatic nitrogens is 2. The molecule has 0 saturated heterocycles. The minimum Gasteiger partial charge on any atom is -0.305 e. The summed E-state index contributed by atoms with van der Waals surface area (Å²) >= 11 is 6.20. The summed E-state index contributed by atoms with van der Waals surface area (Å²) in [6.07, 6.45) is 0. The highest BCUT2D eigenvalue weighted by atomic mass is 35.5. The van der Waals surface area contributed by atoms with Crippen molar-refractivity contribution in [1.82, 2.24) is 9.78 Å². The summed E-state index contributed by atoms with van der Waals surface area (Å²) in [5.74, 6) is 0.363. The van der Waals surface area contributed by atoms with E-state index >= 15 is 0 Å². The molecule has 2 aromatic carbocycles. The first kappa shape index (κ1) is 16.3. The Morgan fingerprint density at radius 3 is 2.54 bits per heavy atom. The number of nitrogens with one attached hydrogen (secondary N) is 1. The average molecular weight is 340 g/mol. The lowest BCUT2D eigenvalue weighted by atomic mass is 10.1. The Morgan fingerprint density at radius 2 is 1.83 bits per heavy atom. The molecule has 24 heavy (non-hydrogen) atoms. The van der Waals surface area contributed by atoms with Crippen molar-refractivity contribution in [2.75, 3.05) is 5.32 Å². The number of hydrogen-bond acceptors (Lipinski definition) is 2. The second-order valence-corrected chi connectivity index (χ2v) is 6.15. The number of rotatable bonds is 4. The van der Waals surface area contributed by atoms with Gasteiger partial charge in [-0.15, -0.1) is 0 Å². The van der Waals surface area contributed by atoms with Gasteiger partial charge < -0.3 is 5.32 Å². The number of aryl methyl sites for hydroxylation is 2. The molecule has 4 nitrogen and oxygen atoms in total. The highest BCUT2D eigenvalue weighted by molar-refractivity contribution is 6.31. The van der Waals surface area contributed by atoms with Crippen LogP contribution in [0.15, 0.2) is 54.6 Å². The van der Waals surface area contributed by atoms with Crippen LogP contribution in [0.2, 0.25) is 5.02 Å². The van der Waals surface area contributed by atoms with Crippen LogP contribution in [0.1, 0.15) is 27.2 Å². The van der Waals surface area contributed by atoms with Gasteiger partial charge in [-0.1, -0.05) is 47.5 Å². The lowest BCUT2D eigenvalue weighted by Gasteiger charge is -2.06. The molecule has 0 unspecified atom stereocenters. The van der Waals surface area contributed by atoms with Crippen molar-refractivity contribution < 1.29 is 4.79 Å². The van der Waals surface area contributed by atoms with E-state index in [0.29, 0.717) is 22.9 Å². The molecule has 0 bridgehead atoms. The van der Waals surface area contributed by atoms with E-state index in [1.807, 2.05) is 61.0 Å². The molecule has 1 amide bonds. The van der Waals surface area contributed by atoms with Crippen LogP contribution in [0.5, 0.6) is 0 Å².